The van der Waals surface area contributed by atoms with Crippen LogP contribution < -0.4 is 4.90 Å². The number of fused-ring (bicyclic) bond motifs is 5. The maximum absolute atomic E-state index is 3.82. The van der Waals surface area contributed by atoms with Gasteiger partial charge in [-0.3, -0.25) is 0 Å². The highest BCUT2D eigenvalue weighted by Gasteiger charge is 2.16. The number of benzene rings is 9. The first-order valence-electron chi connectivity index (χ1n) is 20.2. The third-order valence-electron chi connectivity index (χ3n) is 11.5. The molecule has 0 saturated heterocycles. The Balaban J connectivity index is 1.04. The molecule has 9 aromatic carbocycles. The molecule has 59 heavy (non-hydrogen) atoms. The molecule has 0 spiro atoms. The monoisotopic (exact) mass is 754 g/mol. The average molecular weight is 755 g/mol. The Bertz CT molecular complexity index is 3080. The van der Waals surface area contributed by atoms with E-state index in [0.717, 1.165) is 22.8 Å². The molecular weight excluding hydrogens is 713 g/mol. The summed E-state index contributed by atoms with van der Waals surface area (Å²) in [6.45, 7) is 5.98. The molecule has 0 atom stereocenters. The topological polar surface area (TPSA) is 8.17 Å². The average Bonchev–Trinajstić information content (AvgIpc) is 3.63. The van der Waals surface area contributed by atoms with Gasteiger partial charge in [0.25, 0.3) is 0 Å². The largest absolute Gasteiger partial charge is 0.313 e. The van der Waals surface area contributed by atoms with Crippen LogP contribution in [0, 0.1) is 0 Å². The van der Waals surface area contributed by atoms with Crippen molar-refractivity contribution in [2.75, 3.05) is 4.90 Å². The number of hydrogen-bond donors (Lipinski definition) is 0. The second-order valence-electron chi connectivity index (χ2n) is 15.0. The Morgan fingerprint density at radius 2 is 0.881 bits per heavy atom. The van der Waals surface area contributed by atoms with Crippen LogP contribution in [-0.4, -0.2) is 4.57 Å². The molecule has 0 aliphatic heterocycles. The minimum atomic E-state index is 1.09. The Morgan fingerprint density at radius 1 is 0.424 bits per heavy atom. The Morgan fingerprint density at radius 3 is 1.44 bits per heavy atom. The number of nitrogens with zero attached hydrogens (tertiary/aromatic N) is 2. The van der Waals surface area contributed by atoms with E-state index in [1.165, 1.54) is 76.7 Å². The molecule has 10 aromatic rings. The van der Waals surface area contributed by atoms with E-state index in [-0.39, 0.29) is 0 Å². The van der Waals surface area contributed by atoms with E-state index in [1.807, 2.05) is 12.2 Å². The van der Waals surface area contributed by atoms with Gasteiger partial charge in [0.15, 0.2) is 0 Å². The summed E-state index contributed by atoms with van der Waals surface area (Å²) in [7, 11) is 0. The molecule has 0 aliphatic rings. The molecule has 0 unspecified atom stereocenters. The molecule has 0 saturated carbocycles. The summed E-state index contributed by atoms with van der Waals surface area (Å²) in [5.74, 6) is 0. The van der Waals surface area contributed by atoms with Gasteiger partial charge in [-0.2, -0.15) is 0 Å². The molecule has 0 fully saturated rings. The zero-order valence-corrected chi connectivity index (χ0v) is 33.0. The van der Waals surface area contributed by atoms with Crippen molar-refractivity contribution < 1.29 is 0 Å². The van der Waals surface area contributed by atoms with E-state index in [9.17, 15) is 0 Å². The highest BCUT2D eigenvalue weighted by atomic mass is 15.1. The highest BCUT2D eigenvalue weighted by molar-refractivity contribution is 6.11. The summed E-state index contributed by atoms with van der Waals surface area (Å²) in [6.07, 6.45) is 7.95. The lowest BCUT2D eigenvalue weighted by Crippen LogP contribution is -2.09. The molecule has 0 amide bonds. The van der Waals surface area contributed by atoms with Crippen molar-refractivity contribution in [1.82, 2.24) is 4.57 Å². The van der Waals surface area contributed by atoms with E-state index in [4.69, 9.17) is 0 Å². The van der Waals surface area contributed by atoms with Gasteiger partial charge < -0.3 is 9.47 Å². The van der Waals surface area contributed by atoms with Crippen LogP contribution in [0.2, 0.25) is 0 Å². The second kappa shape index (κ2) is 15.3. The van der Waals surface area contributed by atoms with E-state index < -0.39 is 0 Å². The van der Waals surface area contributed by atoms with Gasteiger partial charge in [-0.05, 0) is 123 Å². The van der Waals surface area contributed by atoms with E-state index >= 15 is 0 Å². The van der Waals surface area contributed by atoms with Gasteiger partial charge in [0.1, 0.15) is 0 Å². The van der Waals surface area contributed by atoms with Crippen molar-refractivity contribution in [3.63, 3.8) is 0 Å². The number of anilines is 3. The van der Waals surface area contributed by atoms with Crippen LogP contribution in [0.3, 0.4) is 0 Å². The lowest BCUT2D eigenvalue weighted by molar-refractivity contribution is 1.20. The summed E-state index contributed by atoms with van der Waals surface area (Å²) in [6, 6.07) is 72.8. The Kier molecular flexibility index (Phi) is 9.29. The predicted molar refractivity (Wildman–Crippen MR) is 255 cm³/mol. The molecule has 1 heterocycles. The molecule has 0 N–H and O–H groups in total. The van der Waals surface area contributed by atoms with Crippen LogP contribution in [0.4, 0.5) is 17.1 Å². The number of hydrogen-bond acceptors (Lipinski definition) is 1. The van der Waals surface area contributed by atoms with Gasteiger partial charge in [-0.1, -0.05) is 170 Å². The first-order valence-corrected chi connectivity index (χ1v) is 20.2. The van der Waals surface area contributed by atoms with Crippen molar-refractivity contribution in [3.05, 3.63) is 231 Å². The van der Waals surface area contributed by atoms with Crippen molar-refractivity contribution in [2.24, 2.45) is 0 Å². The first kappa shape index (κ1) is 35.7. The van der Waals surface area contributed by atoms with Gasteiger partial charge in [-0.25, -0.2) is 0 Å². The van der Waals surface area contributed by atoms with Gasteiger partial charge in [-0.15, -0.1) is 0 Å². The first-order chi connectivity index (χ1) is 29.1. The van der Waals surface area contributed by atoms with Crippen LogP contribution in [0.5, 0.6) is 0 Å². The summed E-state index contributed by atoms with van der Waals surface area (Å²) in [5, 5.41) is 7.49. The fourth-order valence-electron chi connectivity index (χ4n) is 8.66. The molecule has 280 valence electrons. The second-order valence-corrected chi connectivity index (χ2v) is 15.0. The number of aromatic nitrogens is 1. The van der Waals surface area contributed by atoms with E-state index in [2.05, 4.69) is 229 Å². The van der Waals surface area contributed by atoms with Crippen molar-refractivity contribution in [1.29, 1.82) is 0 Å². The van der Waals surface area contributed by atoms with Gasteiger partial charge >= 0.3 is 0 Å². The quantitative estimate of drug-likeness (QED) is 0.133. The van der Waals surface area contributed by atoms with Crippen LogP contribution in [-0.2, 0) is 0 Å². The molecule has 2 heteroatoms. The van der Waals surface area contributed by atoms with Crippen molar-refractivity contribution in [2.45, 2.75) is 6.92 Å². The smallest absolute Gasteiger partial charge is 0.0538 e. The molecule has 0 radical (unpaired) electrons. The van der Waals surface area contributed by atoms with E-state index in [0.29, 0.717) is 0 Å². The van der Waals surface area contributed by atoms with Crippen LogP contribution in [0.15, 0.2) is 231 Å². The zero-order chi connectivity index (χ0) is 39.7. The Labute approximate surface area is 345 Å². The van der Waals surface area contributed by atoms with Gasteiger partial charge in [0.2, 0.25) is 0 Å². The highest BCUT2D eigenvalue weighted by Crippen LogP contribution is 2.40. The van der Waals surface area contributed by atoms with Crippen LogP contribution in [0.25, 0.3) is 82.4 Å². The molecule has 0 bridgehead atoms. The fraction of sp³-hybridized carbons (Fsp3) is 0.0175. The van der Waals surface area contributed by atoms with Crippen molar-refractivity contribution in [3.8, 4) is 33.4 Å². The lowest BCUT2D eigenvalue weighted by Gasteiger charge is -2.26. The lowest BCUT2D eigenvalue weighted by atomic mass is 9.97. The normalized spacial score (nSPS) is 11.9. The van der Waals surface area contributed by atoms with Crippen LogP contribution >= 0.6 is 0 Å². The van der Waals surface area contributed by atoms with Crippen LogP contribution in [0.1, 0.15) is 6.92 Å². The Hall–Kier alpha value is -7.68. The fourth-order valence-corrected chi connectivity index (χ4v) is 8.66. The standard InChI is InChI=1S/C57H42N2/c1-3-4-5-14-40(2)58-56-24-11-10-21-54(56)55-39-46(31-38-57(55)58)41-25-32-47(33-26-41)59(48-34-27-44(28-35-48)52-22-12-17-42-15-6-8-19-50(42)52)49-36-29-45(30-37-49)53-23-13-18-43-16-7-9-20-51(43)53/h3-39H,1H2,2H3/b5-4-,40-14+. The summed E-state index contributed by atoms with van der Waals surface area (Å²) < 4.78 is 2.35. The molecule has 2 nitrogen and oxygen atoms in total. The summed E-state index contributed by atoms with van der Waals surface area (Å²) >= 11 is 0. The van der Waals surface area contributed by atoms with Gasteiger partial charge in [0, 0.05) is 33.5 Å². The summed E-state index contributed by atoms with van der Waals surface area (Å²) in [4.78, 5) is 2.36. The summed E-state index contributed by atoms with van der Waals surface area (Å²) in [5.41, 5.74) is 14.1. The maximum Gasteiger partial charge on any atom is 0.0538 e. The predicted octanol–water partition coefficient (Wildman–Crippen LogP) is 16.2. The third-order valence-corrected chi connectivity index (χ3v) is 11.5. The van der Waals surface area contributed by atoms with Gasteiger partial charge in [0.05, 0.1) is 11.0 Å². The molecule has 0 aliphatic carbocycles. The zero-order valence-electron chi connectivity index (χ0n) is 33.0. The van der Waals surface area contributed by atoms with E-state index in [1.54, 1.807) is 6.08 Å². The molecule has 10 rings (SSSR count). The maximum atomic E-state index is 3.82. The minimum absolute atomic E-state index is 1.09. The SMILES string of the molecule is C=C/C=C\C=C(/C)n1c2ccccc2c2cc(-c3ccc(N(c4ccc(-c5cccc6ccccc56)cc4)c4ccc(-c5cccc6ccccc56)cc4)cc3)ccc21. The minimum Gasteiger partial charge on any atom is -0.313 e. The molecule has 1 aromatic heterocycles. The number of allylic oxidation sites excluding steroid dienone is 5. The van der Waals surface area contributed by atoms with Crippen molar-refractivity contribution >= 4 is 66.1 Å². The number of para-hydroxylation sites is 1. The molecular formula is C57H42N2. The third kappa shape index (κ3) is 6.61. The number of rotatable bonds is 9.